The van der Waals surface area contributed by atoms with Gasteiger partial charge in [0.2, 0.25) is 5.91 Å². The number of esters is 1. The highest BCUT2D eigenvalue weighted by Crippen LogP contribution is 2.12. The van der Waals surface area contributed by atoms with E-state index in [1.807, 2.05) is 6.92 Å². The van der Waals surface area contributed by atoms with Crippen molar-refractivity contribution in [1.29, 1.82) is 0 Å². The molecule has 1 aromatic carbocycles. The lowest BCUT2D eigenvalue weighted by Gasteiger charge is -2.18. The van der Waals surface area contributed by atoms with Crippen molar-refractivity contribution in [2.45, 2.75) is 25.5 Å². The second-order valence-corrected chi connectivity index (χ2v) is 6.12. The Labute approximate surface area is 141 Å². The topological polar surface area (TPSA) is 99.7 Å². The van der Waals surface area contributed by atoms with E-state index >= 15 is 0 Å². The van der Waals surface area contributed by atoms with E-state index < -0.39 is 5.97 Å². The summed E-state index contributed by atoms with van der Waals surface area (Å²) in [5, 5.41) is 18.9. The molecule has 0 aliphatic carbocycles. The number of anilines is 1. The fraction of sp³-hybridized carbons (Fsp3) is 0.529. The number of ether oxygens (including phenoxy) is 1. The molecule has 24 heavy (non-hydrogen) atoms. The molecule has 4 N–H and O–H groups in total. The highest BCUT2D eigenvalue weighted by Gasteiger charge is 2.25. The second-order valence-electron chi connectivity index (χ2n) is 6.12. The van der Waals surface area contributed by atoms with Gasteiger partial charge in [-0.3, -0.25) is 4.79 Å². The van der Waals surface area contributed by atoms with Crippen molar-refractivity contribution in [3.8, 4) is 0 Å². The molecule has 1 heterocycles. The third-order valence-electron chi connectivity index (χ3n) is 4.09. The first-order chi connectivity index (χ1) is 11.5. The number of carbonyl (C=O) groups excluding carboxylic acids is 2. The molecule has 0 aromatic heterocycles. The molecule has 0 spiro atoms. The summed E-state index contributed by atoms with van der Waals surface area (Å²) in [4.78, 5) is 23.6. The Morgan fingerprint density at radius 2 is 2.21 bits per heavy atom. The van der Waals surface area contributed by atoms with E-state index in [2.05, 4.69) is 20.7 Å². The predicted octanol–water partition coefficient (Wildman–Crippen LogP) is 0.360. The van der Waals surface area contributed by atoms with Crippen LogP contribution in [0.4, 0.5) is 5.69 Å². The lowest BCUT2D eigenvalue weighted by Crippen LogP contribution is -2.37. The second kappa shape index (κ2) is 8.77. The maximum Gasteiger partial charge on any atom is 0.337 e. The maximum atomic E-state index is 12.1. The maximum absolute atomic E-state index is 12.1. The Hall–Kier alpha value is -1.96. The Balaban J connectivity index is 1.79. The van der Waals surface area contributed by atoms with Gasteiger partial charge in [0.05, 0.1) is 18.8 Å². The number of rotatable bonds is 7. The normalized spacial score (nSPS) is 21.3. The first-order valence-corrected chi connectivity index (χ1v) is 8.10. The number of aliphatic hydroxyl groups excluding tert-OH is 1. The lowest BCUT2D eigenvalue weighted by molar-refractivity contribution is -0.116. The quantitative estimate of drug-likeness (QED) is 0.537. The molecule has 0 radical (unpaired) electrons. The number of nitrogens with one attached hydrogen (secondary N) is 3. The van der Waals surface area contributed by atoms with Crippen molar-refractivity contribution in [2.75, 3.05) is 32.1 Å². The Kier molecular flexibility index (Phi) is 6.72. The van der Waals surface area contributed by atoms with Gasteiger partial charge in [0.25, 0.3) is 0 Å². The largest absolute Gasteiger partial charge is 0.465 e. The molecule has 1 fully saturated rings. The van der Waals surface area contributed by atoms with Gasteiger partial charge < -0.3 is 25.8 Å². The van der Waals surface area contributed by atoms with Crippen LogP contribution >= 0.6 is 0 Å². The number of methoxy groups -OCH3 is 1. The Morgan fingerprint density at radius 1 is 1.42 bits per heavy atom. The van der Waals surface area contributed by atoms with E-state index in [9.17, 15) is 14.7 Å². The van der Waals surface area contributed by atoms with E-state index in [-0.39, 0.29) is 24.0 Å². The van der Waals surface area contributed by atoms with Gasteiger partial charge in [-0.05, 0) is 25.1 Å². The molecule has 1 aliphatic heterocycles. The van der Waals surface area contributed by atoms with Crippen molar-refractivity contribution in [1.82, 2.24) is 10.6 Å². The molecular weight excluding hydrogens is 310 g/mol. The van der Waals surface area contributed by atoms with Crippen molar-refractivity contribution in [3.63, 3.8) is 0 Å². The number of benzene rings is 1. The van der Waals surface area contributed by atoms with Gasteiger partial charge in [-0.2, -0.15) is 0 Å². The minimum absolute atomic E-state index is 0.0124. The first-order valence-electron chi connectivity index (χ1n) is 8.10. The average molecular weight is 335 g/mol. The van der Waals surface area contributed by atoms with Crippen LogP contribution in [0, 0.1) is 5.92 Å². The molecule has 3 atom stereocenters. The molecule has 0 saturated carbocycles. The van der Waals surface area contributed by atoms with E-state index in [1.54, 1.807) is 24.3 Å². The number of hydrogen-bond acceptors (Lipinski definition) is 6. The third kappa shape index (κ3) is 5.30. The molecular formula is C17H25N3O4. The van der Waals surface area contributed by atoms with Crippen LogP contribution < -0.4 is 16.0 Å². The van der Waals surface area contributed by atoms with E-state index in [0.29, 0.717) is 30.8 Å². The molecule has 1 aromatic rings. The van der Waals surface area contributed by atoms with E-state index in [4.69, 9.17) is 0 Å². The van der Waals surface area contributed by atoms with Crippen LogP contribution in [0.25, 0.3) is 0 Å². The van der Waals surface area contributed by atoms with Crippen LogP contribution in [0.1, 0.15) is 23.7 Å². The van der Waals surface area contributed by atoms with Crippen molar-refractivity contribution < 1.29 is 19.4 Å². The highest BCUT2D eigenvalue weighted by atomic mass is 16.5. The number of carbonyl (C=O) groups is 2. The number of β-amino-alcohol motifs (C(OH)–C–C–N with tert-alkyl or cyclic N) is 1. The summed E-state index contributed by atoms with van der Waals surface area (Å²) in [5.41, 5.74) is 0.953. The van der Waals surface area contributed by atoms with Crippen LogP contribution in [0.3, 0.4) is 0 Å². The van der Waals surface area contributed by atoms with Crippen molar-refractivity contribution in [2.24, 2.45) is 5.92 Å². The lowest BCUT2D eigenvalue weighted by atomic mass is 10.1. The summed E-state index contributed by atoms with van der Waals surface area (Å²) in [5.74, 6) is -0.403. The molecule has 1 aliphatic rings. The fourth-order valence-corrected chi connectivity index (χ4v) is 2.68. The zero-order chi connectivity index (χ0) is 17.5. The van der Waals surface area contributed by atoms with Crippen LogP contribution in [0.5, 0.6) is 0 Å². The minimum Gasteiger partial charge on any atom is -0.465 e. The molecule has 2 rings (SSSR count). The summed E-state index contributed by atoms with van der Waals surface area (Å²) in [6, 6.07) is 6.62. The van der Waals surface area contributed by atoms with E-state index in [1.165, 1.54) is 7.11 Å². The molecule has 7 nitrogen and oxygen atoms in total. The molecule has 1 amide bonds. The zero-order valence-electron chi connectivity index (χ0n) is 14.0. The highest BCUT2D eigenvalue weighted by molar-refractivity contribution is 5.94. The molecule has 0 bridgehead atoms. The first kappa shape index (κ1) is 18.4. The number of amides is 1. The van der Waals surface area contributed by atoms with Gasteiger partial charge in [0, 0.05) is 43.7 Å². The summed E-state index contributed by atoms with van der Waals surface area (Å²) in [7, 11) is 1.32. The predicted molar refractivity (Wildman–Crippen MR) is 90.9 cm³/mol. The fourth-order valence-electron chi connectivity index (χ4n) is 2.68. The van der Waals surface area contributed by atoms with Crippen LogP contribution in [-0.2, 0) is 9.53 Å². The monoisotopic (exact) mass is 335 g/mol. The van der Waals surface area contributed by atoms with Gasteiger partial charge in [0.15, 0.2) is 0 Å². The van der Waals surface area contributed by atoms with Crippen LogP contribution in [-0.4, -0.2) is 55.9 Å². The smallest absolute Gasteiger partial charge is 0.337 e. The molecule has 1 saturated heterocycles. The summed E-state index contributed by atoms with van der Waals surface area (Å²) in [6.07, 6.45) is -0.0295. The van der Waals surface area contributed by atoms with Gasteiger partial charge in [-0.1, -0.05) is 6.07 Å². The van der Waals surface area contributed by atoms with Crippen molar-refractivity contribution in [3.05, 3.63) is 29.8 Å². The standard InChI is InChI=1S/C17H25N3O4/c1-11(19-9-13-8-18-10-15(13)21)6-16(22)20-14-5-3-4-12(7-14)17(23)24-2/h3-5,7,11,13,15,18-19,21H,6,8-10H2,1-2H3,(H,20,22). The Morgan fingerprint density at radius 3 is 2.88 bits per heavy atom. The summed E-state index contributed by atoms with van der Waals surface area (Å²) in [6.45, 7) is 4.00. The Bertz CT molecular complexity index is 579. The van der Waals surface area contributed by atoms with Gasteiger partial charge >= 0.3 is 5.97 Å². The minimum atomic E-state index is -0.440. The molecule has 3 unspecified atom stereocenters. The third-order valence-corrected chi connectivity index (χ3v) is 4.09. The molecule has 7 heteroatoms. The number of hydrogen-bond donors (Lipinski definition) is 4. The van der Waals surface area contributed by atoms with Crippen molar-refractivity contribution >= 4 is 17.6 Å². The van der Waals surface area contributed by atoms with Gasteiger partial charge in [-0.25, -0.2) is 4.79 Å². The summed E-state index contributed by atoms with van der Waals surface area (Å²) >= 11 is 0. The molecule has 132 valence electrons. The van der Waals surface area contributed by atoms with Gasteiger partial charge in [-0.15, -0.1) is 0 Å². The van der Waals surface area contributed by atoms with Gasteiger partial charge in [0.1, 0.15) is 0 Å². The van der Waals surface area contributed by atoms with Crippen LogP contribution in [0.2, 0.25) is 0 Å². The summed E-state index contributed by atoms with van der Waals surface area (Å²) < 4.78 is 4.66. The van der Waals surface area contributed by atoms with E-state index in [0.717, 1.165) is 6.54 Å². The zero-order valence-corrected chi connectivity index (χ0v) is 14.0. The van der Waals surface area contributed by atoms with Crippen LogP contribution in [0.15, 0.2) is 24.3 Å². The number of aliphatic hydroxyl groups is 1. The average Bonchev–Trinajstić information content (AvgIpc) is 2.97. The SMILES string of the molecule is COC(=O)c1cccc(NC(=O)CC(C)NCC2CNCC2O)c1.